The average Bonchev–Trinajstić information content (AvgIpc) is 2.31. The van der Waals surface area contributed by atoms with Gasteiger partial charge in [-0.2, -0.15) is 0 Å². The van der Waals surface area contributed by atoms with E-state index in [0.717, 1.165) is 9.80 Å². The van der Waals surface area contributed by atoms with Gasteiger partial charge in [0.05, 0.1) is 22.1 Å². The van der Waals surface area contributed by atoms with E-state index in [-0.39, 0.29) is 5.69 Å². The molecule has 100 valence electrons. The Labute approximate surface area is 123 Å². The van der Waals surface area contributed by atoms with Gasteiger partial charge in [0.15, 0.2) is 0 Å². The van der Waals surface area contributed by atoms with Crippen molar-refractivity contribution in [1.29, 1.82) is 0 Å². The van der Waals surface area contributed by atoms with Crippen LogP contribution in [-0.2, 0) is 0 Å². The minimum atomic E-state index is -0.427. The average molecular weight is 381 g/mol. The molecular formula is C12H15Br2NO3. The smallest absolute Gasteiger partial charge is 0.273 e. The van der Waals surface area contributed by atoms with Crippen LogP contribution in [0.2, 0.25) is 0 Å². The minimum absolute atomic E-state index is 0.0353. The first-order valence-corrected chi connectivity index (χ1v) is 7.49. The van der Waals surface area contributed by atoms with Crippen LogP contribution in [0.15, 0.2) is 22.7 Å². The molecule has 6 heteroatoms. The maximum atomic E-state index is 10.7. The van der Waals surface area contributed by atoms with Crippen LogP contribution in [0.4, 0.5) is 5.69 Å². The van der Waals surface area contributed by atoms with Crippen molar-refractivity contribution in [1.82, 2.24) is 0 Å². The highest BCUT2D eigenvalue weighted by Gasteiger charge is 2.15. The van der Waals surface area contributed by atoms with Crippen molar-refractivity contribution >= 4 is 37.5 Å². The second-order valence-electron chi connectivity index (χ2n) is 4.34. The fourth-order valence-corrected chi connectivity index (χ4v) is 2.62. The Hall–Kier alpha value is -0.620. The highest BCUT2D eigenvalue weighted by Crippen LogP contribution is 2.30. The van der Waals surface area contributed by atoms with Crippen molar-refractivity contribution in [3.63, 3.8) is 0 Å². The van der Waals surface area contributed by atoms with E-state index in [0.29, 0.717) is 24.2 Å². The van der Waals surface area contributed by atoms with Gasteiger partial charge in [-0.05, 0) is 27.9 Å². The van der Waals surface area contributed by atoms with Crippen molar-refractivity contribution in [2.24, 2.45) is 11.8 Å². The van der Waals surface area contributed by atoms with Crippen LogP contribution in [0.25, 0.3) is 0 Å². The van der Waals surface area contributed by atoms with E-state index >= 15 is 0 Å². The predicted octanol–water partition coefficient (Wildman–Crippen LogP) is 4.40. The number of nitrogens with zero attached hydrogens (tertiary/aromatic N) is 1. The Morgan fingerprint density at radius 1 is 1.44 bits per heavy atom. The van der Waals surface area contributed by atoms with E-state index in [1.54, 1.807) is 6.07 Å². The fourth-order valence-electron chi connectivity index (χ4n) is 1.33. The van der Waals surface area contributed by atoms with Gasteiger partial charge in [-0.1, -0.05) is 29.8 Å². The molecule has 0 aliphatic heterocycles. The lowest BCUT2D eigenvalue weighted by Gasteiger charge is -2.19. The summed E-state index contributed by atoms with van der Waals surface area (Å²) in [5.41, 5.74) is 0.0353. The maximum absolute atomic E-state index is 10.7. The van der Waals surface area contributed by atoms with Gasteiger partial charge in [0.25, 0.3) is 5.69 Å². The van der Waals surface area contributed by atoms with Gasteiger partial charge in [0.2, 0.25) is 0 Å². The number of ether oxygens (including phenoxy) is 1. The van der Waals surface area contributed by atoms with E-state index in [1.165, 1.54) is 12.1 Å². The molecule has 1 unspecified atom stereocenters. The zero-order valence-corrected chi connectivity index (χ0v) is 13.4. The van der Waals surface area contributed by atoms with Gasteiger partial charge < -0.3 is 4.74 Å². The standard InChI is InChI=1S/C12H15Br2NO3/c1-8(2)9(6-13)7-18-12-5-10(15(16)17)3-4-11(12)14/h3-5,8-9H,6-7H2,1-2H3. The molecule has 0 aliphatic rings. The lowest BCUT2D eigenvalue weighted by atomic mass is 9.99. The molecule has 0 amide bonds. The fraction of sp³-hybridized carbons (Fsp3) is 0.500. The molecule has 0 radical (unpaired) electrons. The lowest BCUT2D eigenvalue weighted by molar-refractivity contribution is -0.385. The maximum Gasteiger partial charge on any atom is 0.273 e. The molecule has 4 nitrogen and oxygen atoms in total. The number of alkyl halides is 1. The SMILES string of the molecule is CC(C)C(CBr)COc1cc([N+](=O)[O-])ccc1Br. The molecule has 0 spiro atoms. The van der Waals surface area contributed by atoms with Crippen LogP contribution in [0.1, 0.15) is 13.8 Å². The Kier molecular flexibility index (Phi) is 6.08. The van der Waals surface area contributed by atoms with E-state index in [9.17, 15) is 10.1 Å². The largest absolute Gasteiger partial charge is 0.492 e. The number of non-ortho nitro benzene ring substituents is 1. The normalized spacial score (nSPS) is 12.5. The summed E-state index contributed by atoms with van der Waals surface area (Å²) < 4.78 is 6.39. The molecule has 0 fully saturated rings. The third-order valence-electron chi connectivity index (χ3n) is 2.72. The number of halogens is 2. The highest BCUT2D eigenvalue weighted by atomic mass is 79.9. The number of nitro benzene ring substituents is 1. The molecule has 1 aromatic rings. The lowest BCUT2D eigenvalue weighted by Crippen LogP contribution is -2.19. The highest BCUT2D eigenvalue weighted by molar-refractivity contribution is 9.10. The van der Waals surface area contributed by atoms with Gasteiger partial charge >= 0.3 is 0 Å². The van der Waals surface area contributed by atoms with E-state index in [4.69, 9.17) is 4.74 Å². The Bertz CT molecular complexity index is 424. The second kappa shape index (κ2) is 7.09. The molecule has 18 heavy (non-hydrogen) atoms. The van der Waals surface area contributed by atoms with Crippen molar-refractivity contribution < 1.29 is 9.66 Å². The third kappa shape index (κ3) is 4.24. The molecule has 0 saturated carbocycles. The molecule has 1 rings (SSSR count). The summed E-state index contributed by atoms with van der Waals surface area (Å²) in [5, 5.41) is 11.5. The molecule has 0 aromatic heterocycles. The molecule has 1 atom stereocenters. The van der Waals surface area contributed by atoms with Crippen molar-refractivity contribution in [3.05, 3.63) is 32.8 Å². The quantitative estimate of drug-likeness (QED) is 0.417. The van der Waals surface area contributed by atoms with Crippen LogP contribution in [0, 0.1) is 22.0 Å². The third-order valence-corrected chi connectivity index (χ3v) is 4.21. The summed E-state index contributed by atoms with van der Waals surface area (Å²) in [6.07, 6.45) is 0. The van der Waals surface area contributed by atoms with Crippen LogP contribution in [-0.4, -0.2) is 16.9 Å². The second-order valence-corrected chi connectivity index (χ2v) is 5.84. The number of nitro groups is 1. The topological polar surface area (TPSA) is 52.4 Å². The summed E-state index contributed by atoms with van der Waals surface area (Å²) in [6, 6.07) is 4.52. The zero-order valence-electron chi connectivity index (χ0n) is 10.2. The van der Waals surface area contributed by atoms with Gasteiger partial charge in [-0.15, -0.1) is 0 Å². The Morgan fingerprint density at radius 2 is 2.11 bits per heavy atom. The van der Waals surface area contributed by atoms with E-state index < -0.39 is 4.92 Å². The van der Waals surface area contributed by atoms with Crippen molar-refractivity contribution in [3.8, 4) is 5.75 Å². The monoisotopic (exact) mass is 379 g/mol. The number of rotatable bonds is 6. The van der Waals surface area contributed by atoms with Gasteiger partial charge in [-0.3, -0.25) is 10.1 Å². The summed E-state index contributed by atoms with van der Waals surface area (Å²) in [4.78, 5) is 10.3. The molecular weight excluding hydrogens is 366 g/mol. The zero-order chi connectivity index (χ0) is 13.7. The first-order valence-electron chi connectivity index (χ1n) is 5.58. The Morgan fingerprint density at radius 3 is 2.61 bits per heavy atom. The number of benzene rings is 1. The van der Waals surface area contributed by atoms with Gasteiger partial charge in [-0.25, -0.2) is 0 Å². The van der Waals surface area contributed by atoms with Crippen LogP contribution < -0.4 is 4.74 Å². The first-order chi connectivity index (χ1) is 8.45. The molecule has 0 saturated heterocycles. The van der Waals surface area contributed by atoms with E-state index in [2.05, 4.69) is 45.7 Å². The van der Waals surface area contributed by atoms with Crippen molar-refractivity contribution in [2.45, 2.75) is 13.8 Å². The van der Waals surface area contributed by atoms with Crippen LogP contribution in [0.5, 0.6) is 5.75 Å². The van der Waals surface area contributed by atoms with Crippen LogP contribution in [0.3, 0.4) is 0 Å². The van der Waals surface area contributed by atoms with Crippen LogP contribution >= 0.6 is 31.9 Å². The summed E-state index contributed by atoms with van der Waals surface area (Å²) in [7, 11) is 0. The Balaban J connectivity index is 2.77. The molecule has 0 heterocycles. The number of hydrogen-bond donors (Lipinski definition) is 0. The molecule has 0 N–H and O–H groups in total. The van der Waals surface area contributed by atoms with Crippen molar-refractivity contribution in [2.75, 3.05) is 11.9 Å². The molecule has 1 aromatic carbocycles. The molecule has 0 aliphatic carbocycles. The summed E-state index contributed by atoms with van der Waals surface area (Å²) in [6.45, 7) is 4.78. The van der Waals surface area contributed by atoms with Gasteiger partial charge in [0, 0.05) is 17.3 Å². The predicted molar refractivity (Wildman–Crippen MR) is 78.4 cm³/mol. The number of hydrogen-bond acceptors (Lipinski definition) is 3. The summed E-state index contributed by atoms with van der Waals surface area (Å²) >= 11 is 6.78. The summed E-state index contributed by atoms with van der Waals surface area (Å²) in [5.74, 6) is 1.37. The van der Waals surface area contributed by atoms with Gasteiger partial charge in [0.1, 0.15) is 5.75 Å². The first kappa shape index (κ1) is 15.4. The molecule has 0 bridgehead atoms. The van der Waals surface area contributed by atoms with E-state index in [1.807, 2.05) is 0 Å². The minimum Gasteiger partial charge on any atom is -0.492 e.